The van der Waals surface area contributed by atoms with Crippen molar-refractivity contribution in [2.24, 2.45) is 0 Å². The van der Waals surface area contributed by atoms with Gasteiger partial charge in [0.2, 0.25) is 0 Å². The van der Waals surface area contributed by atoms with Gasteiger partial charge in [0, 0.05) is 5.02 Å². The molecule has 2 rings (SSSR count). The third-order valence-corrected chi connectivity index (χ3v) is 3.17. The molecule has 0 saturated carbocycles. The first kappa shape index (κ1) is 12.7. The van der Waals surface area contributed by atoms with Crippen molar-refractivity contribution in [3.8, 4) is 11.1 Å². The van der Waals surface area contributed by atoms with Crippen LogP contribution in [0.3, 0.4) is 0 Å². The fourth-order valence-corrected chi connectivity index (χ4v) is 1.97. The van der Waals surface area contributed by atoms with E-state index in [4.69, 9.17) is 16.7 Å². The van der Waals surface area contributed by atoms with Gasteiger partial charge in [-0.25, -0.2) is 0 Å². The van der Waals surface area contributed by atoms with E-state index in [1.54, 1.807) is 6.92 Å². The Bertz CT molecular complexity index is 561. The number of rotatable bonds is 3. The minimum atomic E-state index is -0.814. The van der Waals surface area contributed by atoms with E-state index in [-0.39, 0.29) is 0 Å². The Balaban J connectivity index is 2.30. The summed E-state index contributed by atoms with van der Waals surface area (Å²) in [7, 11) is 0. The molecule has 0 radical (unpaired) electrons. The Morgan fingerprint density at radius 3 is 2.33 bits per heavy atom. The monoisotopic (exact) mass is 260 g/mol. The van der Waals surface area contributed by atoms with E-state index in [1.165, 1.54) is 0 Å². The summed E-state index contributed by atoms with van der Waals surface area (Å²) in [5, 5.41) is 9.63. The van der Waals surface area contributed by atoms with Crippen molar-refractivity contribution in [2.75, 3.05) is 0 Å². The number of halogens is 1. The van der Waals surface area contributed by atoms with Crippen LogP contribution in [0, 0.1) is 0 Å². The Morgan fingerprint density at radius 1 is 1.11 bits per heavy atom. The van der Waals surface area contributed by atoms with Crippen molar-refractivity contribution < 1.29 is 9.90 Å². The van der Waals surface area contributed by atoms with Gasteiger partial charge in [0.25, 0.3) is 0 Å². The fourth-order valence-electron chi connectivity index (χ4n) is 1.77. The van der Waals surface area contributed by atoms with Crippen LogP contribution in [-0.4, -0.2) is 11.1 Å². The standard InChI is InChI=1S/C15H13ClO2/c1-10(15(17)18)11-5-7-12(8-6-11)13-3-2-4-14(16)9-13/h2-10H,1H3,(H,17,18). The van der Waals surface area contributed by atoms with E-state index in [2.05, 4.69) is 0 Å². The predicted molar refractivity (Wildman–Crippen MR) is 72.9 cm³/mol. The number of carboxylic acid groups (broad SMARTS) is 1. The van der Waals surface area contributed by atoms with E-state index < -0.39 is 11.9 Å². The first-order chi connectivity index (χ1) is 8.58. The molecule has 1 unspecified atom stereocenters. The summed E-state index contributed by atoms with van der Waals surface area (Å²) in [5.74, 6) is -1.30. The summed E-state index contributed by atoms with van der Waals surface area (Å²) in [6.07, 6.45) is 0. The van der Waals surface area contributed by atoms with Gasteiger partial charge in [-0.15, -0.1) is 0 Å². The second-order valence-electron chi connectivity index (χ2n) is 4.19. The summed E-state index contributed by atoms with van der Waals surface area (Å²) < 4.78 is 0. The van der Waals surface area contributed by atoms with E-state index in [1.807, 2.05) is 48.5 Å². The van der Waals surface area contributed by atoms with Crippen LogP contribution in [0.2, 0.25) is 5.02 Å². The van der Waals surface area contributed by atoms with Crippen LogP contribution >= 0.6 is 11.6 Å². The highest BCUT2D eigenvalue weighted by Gasteiger charge is 2.13. The summed E-state index contributed by atoms with van der Waals surface area (Å²) in [5.41, 5.74) is 2.85. The van der Waals surface area contributed by atoms with Crippen LogP contribution in [0.25, 0.3) is 11.1 Å². The van der Waals surface area contributed by atoms with Gasteiger partial charge < -0.3 is 5.11 Å². The SMILES string of the molecule is CC(C(=O)O)c1ccc(-c2cccc(Cl)c2)cc1. The first-order valence-corrected chi connectivity index (χ1v) is 6.04. The molecule has 1 atom stereocenters. The Hall–Kier alpha value is -1.80. The Kier molecular flexibility index (Phi) is 3.68. The van der Waals surface area contributed by atoms with Crippen molar-refractivity contribution >= 4 is 17.6 Å². The largest absolute Gasteiger partial charge is 0.481 e. The normalized spacial score (nSPS) is 12.1. The van der Waals surface area contributed by atoms with Gasteiger partial charge in [-0.3, -0.25) is 4.79 Å². The third kappa shape index (κ3) is 2.71. The summed E-state index contributed by atoms with van der Waals surface area (Å²) in [4.78, 5) is 10.9. The van der Waals surface area contributed by atoms with Gasteiger partial charge in [-0.1, -0.05) is 48.0 Å². The number of hydrogen-bond donors (Lipinski definition) is 1. The van der Waals surface area contributed by atoms with Crippen LogP contribution in [-0.2, 0) is 4.79 Å². The van der Waals surface area contributed by atoms with Gasteiger partial charge in [-0.2, -0.15) is 0 Å². The topological polar surface area (TPSA) is 37.3 Å². The van der Waals surface area contributed by atoms with Crippen LogP contribution in [0.5, 0.6) is 0 Å². The van der Waals surface area contributed by atoms with Crippen molar-refractivity contribution in [1.82, 2.24) is 0 Å². The number of carboxylic acids is 1. The van der Waals surface area contributed by atoms with Gasteiger partial charge in [-0.05, 0) is 35.7 Å². The Morgan fingerprint density at radius 2 is 1.78 bits per heavy atom. The highest BCUT2D eigenvalue weighted by atomic mass is 35.5. The highest BCUT2D eigenvalue weighted by Crippen LogP contribution is 2.25. The molecule has 2 aromatic carbocycles. The molecule has 0 aliphatic heterocycles. The maximum atomic E-state index is 10.9. The molecule has 18 heavy (non-hydrogen) atoms. The third-order valence-electron chi connectivity index (χ3n) is 2.94. The second kappa shape index (κ2) is 5.23. The highest BCUT2D eigenvalue weighted by molar-refractivity contribution is 6.30. The van der Waals surface area contributed by atoms with Crippen LogP contribution in [0.15, 0.2) is 48.5 Å². The molecular formula is C15H13ClO2. The zero-order valence-corrected chi connectivity index (χ0v) is 10.7. The summed E-state index contributed by atoms with van der Waals surface area (Å²) in [6.45, 7) is 1.68. The molecule has 0 bridgehead atoms. The molecule has 2 aromatic rings. The molecule has 0 aliphatic carbocycles. The molecule has 1 N–H and O–H groups in total. The number of aliphatic carboxylic acids is 1. The maximum absolute atomic E-state index is 10.9. The molecule has 0 spiro atoms. The van der Waals surface area contributed by atoms with E-state index in [9.17, 15) is 4.79 Å². The predicted octanol–water partition coefficient (Wildman–Crippen LogP) is 4.20. The quantitative estimate of drug-likeness (QED) is 0.898. The second-order valence-corrected chi connectivity index (χ2v) is 4.63. The molecule has 0 heterocycles. The number of hydrogen-bond acceptors (Lipinski definition) is 1. The summed E-state index contributed by atoms with van der Waals surface area (Å²) in [6, 6.07) is 15.1. The van der Waals surface area contributed by atoms with E-state index >= 15 is 0 Å². The van der Waals surface area contributed by atoms with Crippen molar-refractivity contribution in [3.05, 3.63) is 59.1 Å². The lowest BCUT2D eigenvalue weighted by molar-refractivity contribution is -0.138. The lowest BCUT2D eigenvalue weighted by atomic mass is 9.98. The number of carbonyl (C=O) groups is 1. The molecule has 0 aromatic heterocycles. The smallest absolute Gasteiger partial charge is 0.310 e. The van der Waals surface area contributed by atoms with Gasteiger partial charge in [0.1, 0.15) is 0 Å². The average molecular weight is 261 g/mol. The maximum Gasteiger partial charge on any atom is 0.310 e. The lowest BCUT2D eigenvalue weighted by Crippen LogP contribution is -2.06. The lowest BCUT2D eigenvalue weighted by Gasteiger charge is -2.08. The number of benzene rings is 2. The van der Waals surface area contributed by atoms with Crippen LogP contribution in [0.4, 0.5) is 0 Å². The molecule has 0 saturated heterocycles. The van der Waals surface area contributed by atoms with Gasteiger partial charge >= 0.3 is 5.97 Å². The Labute approximate surface area is 111 Å². The van der Waals surface area contributed by atoms with Crippen molar-refractivity contribution in [2.45, 2.75) is 12.8 Å². The molecule has 92 valence electrons. The van der Waals surface area contributed by atoms with E-state index in [0.29, 0.717) is 5.02 Å². The van der Waals surface area contributed by atoms with E-state index in [0.717, 1.165) is 16.7 Å². The first-order valence-electron chi connectivity index (χ1n) is 5.66. The average Bonchev–Trinajstić information content (AvgIpc) is 2.38. The molecule has 2 nitrogen and oxygen atoms in total. The molecule has 0 amide bonds. The molecule has 0 fully saturated rings. The van der Waals surface area contributed by atoms with Crippen molar-refractivity contribution in [1.29, 1.82) is 0 Å². The van der Waals surface area contributed by atoms with Crippen LogP contribution < -0.4 is 0 Å². The minimum absolute atomic E-state index is 0.488. The molecular weight excluding hydrogens is 248 g/mol. The zero-order valence-electron chi connectivity index (χ0n) is 9.93. The van der Waals surface area contributed by atoms with Gasteiger partial charge in [0.15, 0.2) is 0 Å². The molecule has 3 heteroatoms. The fraction of sp³-hybridized carbons (Fsp3) is 0.133. The zero-order chi connectivity index (χ0) is 13.1. The summed E-state index contributed by atoms with van der Waals surface area (Å²) >= 11 is 5.94. The van der Waals surface area contributed by atoms with Crippen LogP contribution in [0.1, 0.15) is 18.4 Å². The van der Waals surface area contributed by atoms with Gasteiger partial charge in [0.05, 0.1) is 5.92 Å². The molecule has 0 aliphatic rings. The minimum Gasteiger partial charge on any atom is -0.481 e. The van der Waals surface area contributed by atoms with Crippen molar-refractivity contribution in [3.63, 3.8) is 0 Å².